The molecule has 96 valence electrons. The van der Waals surface area contributed by atoms with Gasteiger partial charge in [-0.15, -0.1) is 0 Å². The normalized spacial score (nSPS) is 16.8. The maximum Gasteiger partial charge on any atom is 0.112 e. The highest BCUT2D eigenvalue weighted by Gasteiger charge is 2.22. The van der Waals surface area contributed by atoms with Crippen molar-refractivity contribution >= 4 is 11.0 Å². The summed E-state index contributed by atoms with van der Waals surface area (Å²) in [5.41, 5.74) is 3.45. The van der Waals surface area contributed by atoms with Crippen LogP contribution < -0.4 is 0 Å². The molecule has 0 unspecified atom stereocenters. The lowest BCUT2D eigenvalue weighted by Crippen LogP contribution is -2.02. The number of hydrogen-bond acceptors (Lipinski definition) is 2. The predicted molar refractivity (Wildman–Crippen MR) is 72.7 cm³/mol. The average molecular weight is 244 g/mol. The van der Waals surface area contributed by atoms with Gasteiger partial charge in [0.2, 0.25) is 0 Å². The predicted octanol–water partition coefficient (Wildman–Crippen LogP) is 2.77. The summed E-state index contributed by atoms with van der Waals surface area (Å²) < 4.78 is 2.24. The molecule has 0 atom stereocenters. The lowest BCUT2D eigenvalue weighted by Gasteiger charge is -2.08. The van der Waals surface area contributed by atoms with Crippen LogP contribution in [0.3, 0.4) is 0 Å². The minimum atomic E-state index is 0.202. The van der Waals surface area contributed by atoms with Gasteiger partial charge in [-0.3, -0.25) is 0 Å². The van der Waals surface area contributed by atoms with Crippen molar-refractivity contribution in [3.8, 4) is 0 Å². The van der Waals surface area contributed by atoms with E-state index in [4.69, 9.17) is 10.1 Å². The zero-order valence-corrected chi connectivity index (χ0v) is 10.9. The van der Waals surface area contributed by atoms with Gasteiger partial charge in [0.05, 0.1) is 11.0 Å². The van der Waals surface area contributed by atoms with E-state index in [2.05, 4.69) is 29.8 Å². The molecule has 3 rings (SSSR count). The van der Waals surface area contributed by atoms with E-state index in [9.17, 15) is 0 Å². The van der Waals surface area contributed by atoms with Crippen molar-refractivity contribution in [1.82, 2.24) is 9.55 Å². The third-order valence-electron chi connectivity index (χ3n) is 4.10. The summed E-state index contributed by atoms with van der Waals surface area (Å²) in [6.45, 7) is 0.202. The lowest BCUT2D eigenvalue weighted by molar-refractivity contribution is 0.299. The van der Waals surface area contributed by atoms with Crippen molar-refractivity contribution < 1.29 is 5.11 Å². The number of nitrogens with zero attached hydrogens (tertiary/aromatic N) is 2. The van der Waals surface area contributed by atoms with E-state index in [-0.39, 0.29) is 6.61 Å². The van der Waals surface area contributed by atoms with Crippen molar-refractivity contribution in [2.45, 2.75) is 38.0 Å². The Bertz CT molecular complexity index is 553. The molecule has 0 spiro atoms. The van der Waals surface area contributed by atoms with Crippen LogP contribution in [0.15, 0.2) is 18.2 Å². The number of aliphatic hydroxyl groups excluding tert-OH is 1. The molecule has 0 saturated heterocycles. The van der Waals surface area contributed by atoms with Crippen molar-refractivity contribution in [2.24, 2.45) is 7.05 Å². The molecule has 0 bridgehead atoms. The Morgan fingerprint density at radius 3 is 2.83 bits per heavy atom. The highest BCUT2D eigenvalue weighted by molar-refractivity contribution is 5.77. The molecule has 1 heterocycles. The molecule has 18 heavy (non-hydrogen) atoms. The lowest BCUT2D eigenvalue weighted by atomic mass is 10.1. The van der Waals surface area contributed by atoms with Gasteiger partial charge in [-0.25, -0.2) is 4.98 Å². The van der Waals surface area contributed by atoms with E-state index in [0.29, 0.717) is 12.3 Å². The summed E-state index contributed by atoms with van der Waals surface area (Å²) in [4.78, 5) is 4.82. The van der Waals surface area contributed by atoms with Crippen LogP contribution in [0.5, 0.6) is 0 Å². The van der Waals surface area contributed by atoms with Gasteiger partial charge in [-0.05, 0) is 37.0 Å². The van der Waals surface area contributed by atoms with E-state index >= 15 is 0 Å². The summed E-state index contributed by atoms with van der Waals surface area (Å²) in [5, 5.41) is 9.00. The molecule has 1 fully saturated rings. The maximum atomic E-state index is 9.00. The Hall–Kier alpha value is -1.35. The van der Waals surface area contributed by atoms with Crippen LogP contribution in [0.2, 0.25) is 0 Å². The molecule has 1 aliphatic rings. The fourth-order valence-corrected chi connectivity index (χ4v) is 3.10. The van der Waals surface area contributed by atoms with E-state index in [1.54, 1.807) is 0 Å². The van der Waals surface area contributed by atoms with Gasteiger partial charge < -0.3 is 9.67 Å². The maximum absolute atomic E-state index is 9.00. The van der Waals surface area contributed by atoms with Crippen LogP contribution in [-0.2, 0) is 13.5 Å². The number of benzene rings is 1. The van der Waals surface area contributed by atoms with E-state index in [0.717, 1.165) is 5.52 Å². The van der Waals surface area contributed by atoms with Gasteiger partial charge in [-0.2, -0.15) is 0 Å². The summed E-state index contributed by atoms with van der Waals surface area (Å²) in [5.74, 6) is 1.88. The number of hydrogen-bond donors (Lipinski definition) is 1. The SMILES string of the molecule is Cn1c(C2CCCC2)nc2cc(CCO)ccc21. The molecule has 0 amide bonds. The topological polar surface area (TPSA) is 38.0 Å². The summed E-state index contributed by atoms with van der Waals surface area (Å²) in [6.07, 6.45) is 5.94. The molecule has 1 saturated carbocycles. The zero-order valence-electron chi connectivity index (χ0n) is 10.9. The second kappa shape index (κ2) is 4.73. The fourth-order valence-electron chi connectivity index (χ4n) is 3.10. The van der Waals surface area contributed by atoms with Gasteiger partial charge in [0.15, 0.2) is 0 Å². The van der Waals surface area contributed by atoms with E-state index in [1.165, 1.54) is 42.6 Å². The summed E-state index contributed by atoms with van der Waals surface area (Å²) in [6, 6.07) is 6.34. The molecule has 1 aromatic carbocycles. The van der Waals surface area contributed by atoms with Crippen LogP contribution in [0.4, 0.5) is 0 Å². The van der Waals surface area contributed by atoms with Gasteiger partial charge in [0, 0.05) is 19.6 Å². The fraction of sp³-hybridized carbons (Fsp3) is 0.533. The van der Waals surface area contributed by atoms with Crippen LogP contribution >= 0.6 is 0 Å². The van der Waals surface area contributed by atoms with Crippen molar-refractivity contribution in [3.63, 3.8) is 0 Å². The number of aliphatic hydroxyl groups is 1. The number of aryl methyl sites for hydroxylation is 1. The molecule has 0 radical (unpaired) electrons. The average Bonchev–Trinajstić information content (AvgIpc) is 2.98. The van der Waals surface area contributed by atoms with E-state index in [1.807, 2.05) is 0 Å². The Morgan fingerprint density at radius 1 is 1.33 bits per heavy atom. The quantitative estimate of drug-likeness (QED) is 0.901. The first-order valence-electron chi connectivity index (χ1n) is 6.85. The minimum Gasteiger partial charge on any atom is -0.396 e. The van der Waals surface area contributed by atoms with Crippen molar-refractivity contribution in [1.29, 1.82) is 0 Å². The molecular formula is C15H20N2O. The Labute approximate surface area is 107 Å². The highest BCUT2D eigenvalue weighted by atomic mass is 16.2. The molecule has 3 heteroatoms. The van der Waals surface area contributed by atoms with Crippen molar-refractivity contribution in [3.05, 3.63) is 29.6 Å². The largest absolute Gasteiger partial charge is 0.396 e. The number of rotatable bonds is 3. The Morgan fingerprint density at radius 2 is 2.11 bits per heavy atom. The first-order chi connectivity index (χ1) is 8.79. The monoisotopic (exact) mass is 244 g/mol. The minimum absolute atomic E-state index is 0.202. The van der Waals surface area contributed by atoms with Crippen LogP contribution in [-0.4, -0.2) is 21.3 Å². The second-order valence-corrected chi connectivity index (χ2v) is 5.31. The number of aromatic nitrogens is 2. The molecule has 1 aliphatic carbocycles. The molecule has 3 nitrogen and oxygen atoms in total. The Balaban J connectivity index is 2.03. The Kier molecular flexibility index (Phi) is 3.08. The number of fused-ring (bicyclic) bond motifs is 1. The molecular weight excluding hydrogens is 224 g/mol. The van der Waals surface area contributed by atoms with Crippen LogP contribution in [0.1, 0.15) is 43.0 Å². The van der Waals surface area contributed by atoms with Gasteiger partial charge >= 0.3 is 0 Å². The van der Waals surface area contributed by atoms with Gasteiger partial charge in [0.1, 0.15) is 5.82 Å². The summed E-state index contributed by atoms with van der Waals surface area (Å²) >= 11 is 0. The van der Waals surface area contributed by atoms with Gasteiger partial charge in [0.25, 0.3) is 0 Å². The van der Waals surface area contributed by atoms with Crippen LogP contribution in [0.25, 0.3) is 11.0 Å². The standard InChI is InChI=1S/C15H20N2O/c1-17-14-7-6-11(8-9-18)10-13(14)16-15(17)12-4-2-3-5-12/h6-7,10,12,18H,2-5,8-9H2,1H3. The van der Waals surface area contributed by atoms with Crippen LogP contribution in [0, 0.1) is 0 Å². The number of imidazole rings is 1. The smallest absolute Gasteiger partial charge is 0.112 e. The summed E-state index contributed by atoms with van der Waals surface area (Å²) in [7, 11) is 2.12. The molecule has 0 aliphatic heterocycles. The van der Waals surface area contributed by atoms with Crippen molar-refractivity contribution in [2.75, 3.05) is 6.61 Å². The molecule has 1 N–H and O–H groups in total. The zero-order chi connectivity index (χ0) is 12.5. The van der Waals surface area contributed by atoms with Gasteiger partial charge in [-0.1, -0.05) is 18.9 Å². The second-order valence-electron chi connectivity index (χ2n) is 5.31. The third-order valence-corrected chi connectivity index (χ3v) is 4.10. The molecule has 1 aromatic heterocycles. The third kappa shape index (κ3) is 1.93. The van der Waals surface area contributed by atoms with E-state index < -0.39 is 0 Å². The molecule has 2 aromatic rings. The highest BCUT2D eigenvalue weighted by Crippen LogP contribution is 2.34. The first-order valence-corrected chi connectivity index (χ1v) is 6.85. The first kappa shape index (κ1) is 11.7.